The maximum Gasteiger partial charge on any atom is 0.251 e. The number of hydrogen-bond donors (Lipinski definition) is 2. The summed E-state index contributed by atoms with van der Waals surface area (Å²) in [5, 5.41) is 4.88. The maximum absolute atomic E-state index is 12.5. The highest BCUT2D eigenvalue weighted by Crippen LogP contribution is 2.36. The standard InChI is InChI=1S/C21H22N2O4S/c1-25-17-6-3-7-18(16(17)12-22)27-20-11-14(8-9-19(20)26-2)21(24)23-13-15-5-4-10-28-15/h3-11H,12-13,22H2,1-2H3,(H,23,24). The third-order valence-corrected chi connectivity index (χ3v) is 5.04. The number of thiophene rings is 1. The Bertz CT molecular complexity index is 942. The van der Waals surface area contributed by atoms with Crippen LogP contribution in [0.25, 0.3) is 0 Å². The van der Waals surface area contributed by atoms with Gasteiger partial charge in [0.2, 0.25) is 0 Å². The van der Waals surface area contributed by atoms with Gasteiger partial charge in [0, 0.05) is 17.0 Å². The number of methoxy groups -OCH3 is 2. The van der Waals surface area contributed by atoms with Gasteiger partial charge >= 0.3 is 0 Å². The number of carbonyl (C=O) groups excluding carboxylic acids is 1. The monoisotopic (exact) mass is 398 g/mol. The Morgan fingerprint density at radius 3 is 2.46 bits per heavy atom. The molecule has 1 heterocycles. The summed E-state index contributed by atoms with van der Waals surface area (Å²) in [6, 6.07) is 14.4. The second-order valence-electron chi connectivity index (χ2n) is 5.87. The van der Waals surface area contributed by atoms with E-state index in [0.29, 0.717) is 35.1 Å². The van der Waals surface area contributed by atoms with E-state index in [1.54, 1.807) is 49.8 Å². The van der Waals surface area contributed by atoms with Gasteiger partial charge in [-0.25, -0.2) is 0 Å². The molecule has 1 aromatic heterocycles. The van der Waals surface area contributed by atoms with Crippen LogP contribution in [0.15, 0.2) is 53.9 Å². The van der Waals surface area contributed by atoms with Crippen molar-refractivity contribution >= 4 is 17.2 Å². The highest BCUT2D eigenvalue weighted by Gasteiger charge is 2.15. The Labute approximate surface area is 167 Å². The number of nitrogens with two attached hydrogens (primary N) is 1. The molecule has 0 saturated carbocycles. The molecule has 0 atom stereocenters. The fourth-order valence-electron chi connectivity index (χ4n) is 2.73. The largest absolute Gasteiger partial charge is 0.496 e. The van der Waals surface area contributed by atoms with Crippen LogP contribution < -0.4 is 25.3 Å². The van der Waals surface area contributed by atoms with Gasteiger partial charge in [-0.05, 0) is 41.8 Å². The van der Waals surface area contributed by atoms with Crippen molar-refractivity contribution in [3.05, 3.63) is 69.9 Å². The summed E-state index contributed by atoms with van der Waals surface area (Å²) in [6.07, 6.45) is 0. The number of nitrogens with one attached hydrogen (secondary N) is 1. The number of carbonyl (C=O) groups is 1. The van der Waals surface area contributed by atoms with Gasteiger partial charge < -0.3 is 25.3 Å². The van der Waals surface area contributed by atoms with Crippen molar-refractivity contribution in [3.63, 3.8) is 0 Å². The molecule has 0 aliphatic heterocycles. The summed E-state index contributed by atoms with van der Waals surface area (Å²) in [6.45, 7) is 0.731. The van der Waals surface area contributed by atoms with Gasteiger partial charge in [-0.2, -0.15) is 0 Å². The van der Waals surface area contributed by atoms with E-state index < -0.39 is 0 Å². The van der Waals surface area contributed by atoms with Crippen molar-refractivity contribution in [3.8, 4) is 23.0 Å². The summed E-state index contributed by atoms with van der Waals surface area (Å²) in [5.41, 5.74) is 7.07. The lowest BCUT2D eigenvalue weighted by Crippen LogP contribution is -2.22. The predicted molar refractivity (Wildman–Crippen MR) is 109 cm³/mol. The van der Waals surface area contributed by atoms with Gasteiger partial charge in [0.15, 0.2) is 11.5 Å². The van der Waals surface area contributed by atoms with Crippen LogP contribution >= 0.6 is 11.3 Å². The Hall–Kier alpha value is -3.03. The first kappa shape index (κ1) is 19.7. The van der Waals surface area contributed by atoms with Gasteiger partial charge in [0.25, 0.3) is 5.91 Å². The van der Waals surface area contributed by atoms with Crippen molar-refractivity contribution in [1.29, 1.82) is 0 Å². The molecule has 0 fully saturated rings. The van der Waals surface area contributed by atoms with Crippen LogP contribution in [-0.4, -0.2) is 20.1 Å². The lowest BCUT2D eigenvalue weighted by molar-refractivity contribution is 0.0951. The smallest absolute Gasteiger partial charge is 0.251 e. The summed E-state index contributed by atoms with van der Waals surface area (Å²) in [4.78, 5) is 13.6. The number of amides is 1. The van der Waals surface area contributed by atoms with Crippen LogP contribution in [0.3, 0.4) is 0 Å². The minimum Gasteiger partial charge on any atom is -0.496 e. The first-order valence-corrected chi connectivity index (χ1v) is 9.56. The normalized spacial score (nSPS) is 10.4. The Balaban J connectivity index is 1.84. The Kier molecular flexibility index (Phi) is 6.52. The van der Waals surface area contributed by atoms with E-state index in [9.17, 15) is 4.79 Å². The van der Waals surface area contributed by atoms with E-state index in [-0.39, 0.29) is 12.5 Å². The molecule has 0 radical (unpaired) electrons. The molecule has 0 saturated heterocycles. The molecule has 3 rings (SSSR count). The quantitative estimate of drug-likeness (QED) is 0.600. The zero-order valence-corrected chi connectivity index (χ0v) is 16.5. The molecule has 6 nitrogen and oxygen atoms in total. The van der Waals surface area contributed by atoms with Gasteiger partial charge in [0.1, 0.15) is 11.5 Å². The molecule has 7 heteroatoms. The summed E-state index contributed by atoms with van der Waals surface area (Å²) < 4.78 is 16.8. The van der Waals surface area contributed by atoms with Crippen molar-refractivity contribution in [2.45, 2.75) is 13.1 Å². The predicted octanol–water partition coefficient (Wildman–Crippen LogP) is 3.95. The van der Waals surface area contributed by atoms with Crippen molar-refractivity contribution in [1.82, 2.24) is 5.32 Å². The molecule has 3 N–H and O–H groups in total. The van der Waals surface area contributed by atoms with Crippen molar-refractivity contribution in [2.24, 2.45) is 5.73 Å². The summed E-state index contributed by atoms with van der Waals surface area (Å²) in [5.74, 6) is 1.94. The fourth-order valence-corrected chi connectivity index (χ4v) is 3.38. The van der Waals surface area contributed by atoms with E-state index in [0.717, 1.165) is 10.4 Å². The second-order valence-corrected chi connectivity index (χ2v) is 6.90. The van der Waals surface area contributed by atoms with Crippen molar-refractivity contribution < 1.29 is 19.0 Å². The van der Waals surface area contributed by atoms with Crippen LogP contribution in [-0.2, 0) is 13.1 Å². The average Bonchev–Trinajstić information content (AvgIpc) is 3.25. The van der Waals surface area contributed by atoms with Gasteiger partial charge in [-0.1, -0.05) is 12.1 Å². The molecule has 28 heavy (non-hydrogen) atoms. The van der Waals surface area contributed by atoms with Crippen LogP contribution in [0.2, 0.25) is 0 Å². The average molecular weight is 398 g/mol. The molecule has 0 unspecified atom stereocenters. The second kappa shape index (κ2) is 9.25. The Morgan fingerprint density at radius 1 is 1.00 bits per heavy atom. The van der Waals surface area contributed by atoms with Crippen LogP contribution in [0.1, 0.15) is 20.8 Å². The van der Waals surface area contributed by atoms with Crippen molar-refractivity contribution in [2.75, 3.05) is 14.2 Å². The zero-order valence-electron chi connectivity index (χ0n) is 15.7. The van der Waals surface area contributed by atoms with Gasteiger partial charge in [0.05, 0.1) is 26.3 Å². The molecule has 146 valence electrons. The zero-order chi connectivity index (χ0) is 19.9. The molecular formula is C21H22N2O4S. The molecule has 0 aliphatic carbocycles. The van der Waals surface area contributed by atoms with Crippen LogP contribution in [0.4, 0.5) is 0 Å². The number of ether oxygens (including phenoxy) is 3. The Morgan fingerprint density at radius 2 is 1.79 bits per heavy atom. The SMILES string of the molecule is COc1ccc(C(=O)NCc2cccs2)cc1Oc1cccc(OC)c1CN. The lowest BCUT2D eigenvalue weighted by atomic mass is 10.1. The minimum absolute atomic E-state index is 0.189. The van der Waals surface area contributed by atoms with E-state index in [1.807, 2.05) is 29.6 Å². The fraction of sp³-hybridized carbons (Fsp3) is 0.190. The van der Waals surface area contributed by atoms with E-state index in [2.05, 4.69) is 5.32 Å². The van der Waals surface area contributed by atoms with Gasteiger partial charge in [-0.3, -0.25) is 4.79 Å². The molecule has 0 spiro atoms. The maximum atomic E-state index is 12.5. The molecule has 3 aromatic rings. The minimum atomic E-state index is -0.189. The molecular weight excluding hydrogens is 376 g/mol. The first-order chi connectivity index (χ1) is 13.7. The highest BCUT2D eigenvalue weighted by molar-refractivity contribution is 7.09. The van der Waals surface area contributed by atoms with E-state index in [4.69, 9.17) is 19.9 Å². The van der Waals surface area contributed by atoms with Gasteiger partial charge in [-0.15, -0.1) is 11.3 Å². The molecule has 0 aliphatic rings. The topological polar surface area (TPSA) is 82.8 Å². The molecule has 1 amide bonds. The lowest BCUT2D eigenvalue weighted by Gasteiger charge is -2.16. The third-order valence-electron chi connectivity index (χ3n) is 4.16. The summed E-state index contributed by atoms with van der Waals surface area (Å²) >= 11 is 1.60. The number of rotatable bonds is 8. The first-order valence-electron chi connectivity index (χ1n) is 8.68. The highest BCUT2D eigenvalue weighted by atomic mass is 32.1. The molecule has 0 bridgehead atoms. The van der Waals surface area contributed by atoms with E-state index in [1.165, 1.54) is 0 Å². The third kappa shape index (κ3) is 4.44. The molecule has 2 aromatic carbocycles. The number of benzene rings is 2. The summed E-state index contributed by atoms with van der Waals surface area (Å²) in [7, 11) is 3.13. The van der Waals surface area contributed by atoms with Crippen LogP contribution in [0, 0.1) is 0 Å². The van der Waals surface area contributed by atoms with Crippen LogP contribution in [0.5, 0.6) is 23.0 Å². The van der Waals surface area contributed by atoms with E-state index >= 15 is 0 Å². The number of hydrogen-bond acceptors (Lipinski definition) is 6.